The lowest BCUT2D eigenvalue weighted by molar-refractivity contribution is -0.216. The SMILES string of the molecule is CCCCC/C=C\C/C=C\C/C=C\CC1OC1CCCC(=O)OC[C@H](COP(=O)(O)O[C@H]1C(O)C(O)C(O)[C@@H](OP(=O)(O)O)C1O)OC(=O)CCCCCCC/C=C\C/C=C\CCCCC. The van der Waals surface area contributed by atoms with Crippen molar-refractivity contribution in [1.82, 2.24) is 0 Å². The van der Waals surface area contributed by atoms with Gasteiger partial charge in [0.25, 0.3) is 0 Å². The lowest BCUT2D eigenvalue weighted by Crippen LogP contribution is -2.64. The highest BCUT2D eigenvalue weighted by atomic mass is 31.2. The Kier molecular flexibility index (Phi) is 31.6. The molecule has 1 aliphatic heterocycles. The standard InChI is InChI=1S/C47H80O17P2/c1-3-5-7-9-11-13-15-17-18-19-21-23-25-27-29-33-41(49)61-37(36-60-66(57,58)64-47-44(52)42(50)43(51)46(45(47)53)63-65(54,55)56)35-59-40(48)34-30-32-39-38(62-39)31-28-26-24-22-20-16-14-12-10-8-6-4-2/h11-14,17-18,20,22,26,28,37-39,42-47,50-53H,3-10,15-16,19,21,23-25,27,29-36H2,1-2H3,(H,57,58)(H2,54,55,56)/b13-11-,14-12-,18-17-,22-20-,28-26-/t37-,38?,39?,42?,43?,44?,45?,46-,47+/m1/s1. The molecule has 1 saturated carbocycles. The number of unbranched alkanes of at least 4 members (excludes halogenated alkanes) is 11. The van der Waals surface area contributed by atoms with Crippen LogP contribution in [-0.4, -0.2) is 115 Å². The number of ether oxygens (including phenoxy) is 3. The van der Waals surface area contributed by atoms with E-state index in [1.807, 2.05) is 0 Å². The number of esters is 2. The minimum Gasteiger partial charge on any atom is -0.462 e. The predicted octanol–water partition coefficient (Wildman–Crippen LogP) is 8.05. The summed E-state index contributed by atoms with van der Waals surface area (Å²) >= 11 is 0. The number of aliphatic hydroxyl groups excluding tert-OH is 4. The van der Waals surface area contributed by atoms with Crippen molar-refractivity contribution in [2.24, 2.45) is 0 Å². The van der Waals surface area contributed by atoms with Gasteiger partial charge in [0.1, 0.15) is 43.2 Å². The first-order valence-electron chi connectivity index (χ1n) is 24.0. The van der Waals surface area contributed by atoms with Crippen LogP contribution in [0.15, 0.2) is 60.8 Å². The first-order valence-corrected chi connectivity index (χ1v) is 27.0. The second kappa shape index (κ2) is 34.9. The van der Waals surface area contributed by atoms with E-state index in [4.69, 9.17) is 23.3 Å². The number of rotatable bonds is 38. The number of allylic oxidation sites excluding steroid dienone is 9. The highest BCUT2D eigenvalue weighted by molar-refractivity contribution is 7.47. The van der Waals surface area contributed by atoms with Gasteiger partial charge >= 0.3 is 27.6 Å². The molecule has 7 unspecified atom stereocenters. The van der Waals surface area contributed by atoms with Crippen LogP contribution < -0.4 is 0 Å². The van der Waals surface area contributed by atoms with E-state index in [2.05, 4.69) is 79.1 Å². The fraction of sp³-hybridized carbons (Fsp3) is 0.745. The molecule has 1 saturated heterocycles. The van der Waals surface area contributed by atoms with Gasteiger partial charge in [-0.05, 0) is 83.5 Å². The molecule has 0 aromatic heterocycles. The fourth-order valence-electron chi connectivity index (χ4n) is 7.14. The maximum Gasteiger partial charge on any atom is 0.472 e. The molecule has 0 spiro atoms. The molecule has 2 aliphatic rings. The molecule has 7 N–H and O–H groups in total. The molecule has 0 bridgehead atoms. The number of carbonyl (C=O) groups is 2. The van der Waals surface area contributed by atoms with Gasteiger partial charge in [-0.15, -0.1) is 0 Å². The van der Waals surface area contributed by atoms with Gasteiger partial charge in [0.2, 0.25) is 0 Å². The largest absolute Gasteiger partial charge is 0.472 e. The number of phosphoric ester groups is 2. The molecule has 0 radical (unpaired) electrons. The lowest BCUT2D eigenvalue weighted by Gasteiger charge is -2.43. The minimum absolute atomic E-state index is 0.00908. The van der Waals surface area contributed by atoms with Gasteiger partial charge in [0, 0.05) is 12.8 Å². The van der Waals surface area contributed by atoms with Crippen molar-refractivity contribution >= 4 is 27.6 Å². The predicted molar refractivity (Wildman–Crippen MR) is 250 cm³/mol. The van der Waals surface area contributed by atoms with Gasteiger partial charge in [-0.3, -0.25) is 23.2 Å². The summed E-state index contributed by atoms with van der Waals surface area (Å²) in [6.07, 6.45) is 26.2. The number of carbonyl (C=O) groups excluding carboxylic acids is 2. The third-order valence-electron chi connectivity index (χ3n) is 11.0. The van der Waals surface area contributed by atoms with Crippen molar-refractivity contribution < 1.29 is 81.6 Å². The zero-order chi connectivity index (χ0) is 48.6. The van der Waals surface area contributed by atoms with Crippen molar-refractivity contribution in [3.8, 4) is 0 Å². The first kappa shape index (κ1) is 59.8. The number of hydrogen-bond donors (Lipinski definition) is 7. The molecule has 10 atom stereocenters. The van der Waals surface area contributed by atoms with Crippen LogP contribution in [0.5, 0.6) is 0 Å². The Hall–Kier alpha value is -2.34. The van der Waals surface area contributed by atoms with Crippen molar-refractivity contribution in [3.63, 3.8) is 0 Å². The molecule has 0 aromatic rings. The summed E-state index contributed by atoms with van der Waals surface area (Å²) in [5, 5.41) is 41.3. The van der Waals surface area contributed by atoms with E-state index in [0.29, 0.717) is 19.3 Å². The van der Waals surface area contributed by atoms with Crippen molar-refractivity contribution in [2.75, 3.05) is 13.2 Å². The third kappa shape index (κ3) is 28.2. The van der Waals surface area contributed by atoms with Crippen molar-refractivity contribution in [1.29, 1.82) is 0 Å². The summed E-state index contributed by atoms with van der Waals surface area (Å²) in [5.74, 6) is -1.30. The van der Waals surface area contributed by atoms with Gasteiger partial charge in [0.05, 0.1) is 18.8 Å². The molecule has 19 heteroatoms. The van der Waals surface area contributed by atoms with E-state index in [1.54, 1.807) is 0 Å². The van der Waals surface area contributed by atoms with Crippen LogP contribution in [0.3, 0.4) is 0 Å². The van der Waals surface area contributed by atoms with Crippen LogP contribution >= 0.6 is 15.6 Å². The highest BCUT2D eigenvalue weighted by Crippen LogP contribution is 2.49. The zero-order valence-corrected chi connectivity index (χ0v) is 40.8. The van der Waals surface area contributed by atoms with Crippen LogP contribution in [0.2, 0.25) is 0 Å². The van der Waals surface area contributed by atoms with E-state index >= 15 is 0 Å². The molecule has 1 aliphatic carbocycles. The molecule has 17 nitrogen and oxygen atoms in total. The van der Waals surface area contributed by atoms with Crippen LogP contribution in [0, 0.1) is 0 Å². The topological polar surface area (TPSA) is 269 Å². The number of hydrogen-bond acceptors (Lipinski definition) is 14. The van der Waals surface area contributed by atoms with Crippen molar-refractivity contribution in [2.45, 2.75) is 210 Å². The Morgan fingerprint density at radius 2 is 1.06 bits per heavy atom. The molecule has 0 aromatic carbocycles. The number of phosphoric acid groups is 2. The summed E-state index contributed by atoms with van der Waals surface area (Å²) in [6.45, 7) is 2.97. The second-order valence-electron chi connectivity index (χ2n) is 16.9. The first-order chi connectivity index (χ1) is 31.6. The number of aliphatic hydroxyl groups is 4. The minimum atomic E-state index is -5.38. The Bertz CT molecular complexity index is 1580. The van der Waals surface area contributed by atoms with Crippen LogP contribution in [0.1, 0.15) is 155 Å². The average Bonchev–Trinajstić information content (AvgIpc) is 4.03. The average molecular weight is 979 g/mol. The quantitative estimate of drug-likeness (QED) is 0.0101. The summed E-state index contributed by atoms with van der Waals surface area (Å²) < 4.78 is 55.1. The van der Waals surface area contributed by atoms with E-state index < -0.39 is 83.5 Å². The van der Waals surface area contributed by atoms with E-state index in [0.717, 1.165) is 70.6 Å². The number of epoxide rings is 1. The van der Waals surface area contributed by atoms with Crippen LogP contribution in [-0.2, 0) is 46.5 Å². The molecule has 66 heavy (non-hydrogen) atoms. The maximum absolute atomic E-state index is 13.0. The summed E-state index contributed by atoms with van der Waals surface area (Å²) in [6, 6.07) is 0. The summed E-state index contributed by atoms with van der Waals surface area (Å²) in [4.78, 5) is 54.4. The Morgan fingerprint density at radius 3 is 1.64 bits per heavy atom. The van der Waals surface area contributed by atoms with Gasteiger partial charge < -0.3 is 49.3 Å². The molecule has 2 fully saturated rings. The van der Waals surface area contributed by atoms with Crippen LogP contribution in [0.25, 0.3) is 0 Å². The van der Waals surface area contributed by atoms with Gasteiger partial charge in [0.15, 0.2) is 6.10 Å². The summed E-state index contributed by atoms with van der Waals surface area (Å²) in [7, 11) is -10.7. The monoisotopic (exact) mass is 978 g/mol. The molecule has 1 heterocycles. The fourth-order valence-corrected chi connectivity index (χ4v) is 8.68. The second-order valence-corrected chi connectivity index (χ2v) is 19.5. The molecule has 0 amide bonds. The van der Waals surface area contributed by atoms with Crippen molar-refractivity contribution in [3.05, 3.63) is 60.8 Å². The van der Waals surface area contributed by atoms with Gasteiger partial charge in [-0.25, -0.2) is 9.13 Å². The van der Waals surface area contributed by atoms with Gasteiger partial charge in [-0.1, -0.05) is 120 Å². The molecular formula is C47H80O17P2. The van der Waals surface area contributed by atoms with Gasteiger partial charge in [-0.2, -0.15) is 0 Å². The third-order valence-corrected chi connectivity index (χ3v) is 12.5. The van der Waals surface area contributed by atoms with E-state index in [-0.39, 0.29) is 25.0 Å². The normalized spacial score (nSPS) is 25.1. The molecular weight excluding hydrogens is 898 g/mol. The smallest absolute Gasteiger partial charge is 0.462 e. The van der Waals surface area contributed by atoms with Crippen LogP contribution in [0.4, 0.5) is 0 Å². The summed E-state index contributed by atoms with van der Waals surface area (Å²) in [5.41, 5.74) is 0. The van der Waals surface area contributed by atoms with E-state index in [9.17, 15) is 53.8 Å². The van der Waals surface area contributed by atoms with E-state index in [1.165, 1.54) is 38.5 Å². The molecule has 380 valence electrons. The zero-order valence-electron chi connectivity index (χ0n) is 39.0. The Morgan fingerprint density at radius 1 is 0.561 bits per heavy atom. The molecule has 2 rings (SSSR count). The maximum atomic E-state index is 13.0. The Labute approximate surface area is 392 Å². The lowest BCUT2D eigenvalue weighted by atomic mass is 9.85. The Balaban J connectivity index is 1.83. The highest BCUT2D eigenvalue weighted by Gasteiger charge is 2.54.